The van der Waals surface area contributed by atoms with Crippen LogP contribution in [0, 0.1) is 0 Å². The van der Waals surface area contributed by atoms with Crippen LogP contribution in [0.4, 0.5) is 0 Å². The van der Waals surface area contributed by atoms with Crippen LogP contribution in [0.15, 0.2) is 97.7 Å². The van der Waals surface area contributed by atoms with E-state index in [0.29, 0.717) is 64.2 Å². The molecular weight excluding hydrogens is 1710 g/mol. The number of aromatic nitrogens is 4. The van der Waals surface area contributed by atoms with Gasteiger partial charge in [0.2, 0.25) is 94.5 Å². The summed E-state index contributed by atoms with van der Waals surface area (Å²) in [7, 11) is 3.95. The van der Waals surface area contributed by atoms with Gasteiger partial charge in [0.25, 0.3) is 0 Å². The second-order valence-corrected chi connectivity index (χ2v) is 33.9. The molecule has 3 aliphatic rings. The summed E-state index contributed by atoms with van der Waals surface area (Å²) < 4.78 is 0. The molecule has 0 saturated carbocycles. The summed E-state index contributed by atoms with van der Waals surface area (Å²) in [5, 5.41) is 70.2. The summed E-state index contributed by atoms with van der Waals surface area (Å²) in [6.45, 7) is 3.85. The molecule has 3 saturated heterocycles. The third-order valence-corrected chi connectivity index (χ3v) is 24.5. The maximum atomic E-state index is 15.6. The van der Waals surface area contributed by atoms with Crippen LogP contribution in [0.1, 0.15) is 127 Å². The van der Waals surface area contributed by atoms with Gasteiger partial charge >= 0.3 is 5.97 Å². The third kappa shape index (κ3) is 27.0. The molecular formula is C87H119N21O21S. The van der Waals surface area contributed by atoms with E-state index in [2.05, 4.69) is 73.1 Å². The summed E-state index contributed by atoms with van der Waals surface area (Å²) in [6, 6.07) is -2.38. The van der Waals surface area contributed by atoms with Gasteiger partial charge in [-0.15, -0.1) is 11.8 Å². The minimum atomic E-state index is -2.04. The molecule has 43 heteroatoms. The fourth-order valence-corrected chi connectivity index (χ4v) is 16.8. The highest BCUT2D eigenvalue weighted by atomic mass is 32.2. The normalized spacial score (nSPS) is 25.3. The molecule has 3 aliphatic heterocycles. The number of unbranched alkanes of at least 4 members (excludes halogenated alkanes) is 2. The van der Waals surface area contributed by atoms with Crippen LogP contribution >= 0.6 is 11.8 Å². The van der Waals surface area contributed by atoms with Crippen LogP contribution in [-0.4, -0.2) is 321 Å². The highest BCUT2D eigenvalue weighted by Gasteiger charge is 2.47. The van der Waals surface area contributed by atoms with E-state index in [1.54, 1.807) is 60.9 Å². The Bertz CT molecular complexity index is 5030. The maximum absolute atomic E-state index is 15.6. The number of para-hydroxylation sites is 2. The standard InChI is InChI=1S/C87H119N21O21S/c1-8-10-23-67-80(122)95-47(3)74(116)103-66(76(118)93-41-71(89)112)44-130-45-72(113)96-62(32-49-26-28-53(110)29-27-49)83(125)104(5)48(4)75(117)97-59(22-16-30-88)85(127)107-31-17-25-68(107)81(123)99-61(35-52-40-90-46-94-52)78(120)101-64(37-73(114)115)86(128)108-42-54(111)36-70(108)82(124)98-60(33-50-38-91-57-20-14-12-18-55(50)57)77(119)102-65(43-109)79(121)100-63(34-51-39-92-58-21-15-13-19-56(51)58)84(126)106(7)69(24-11-9-2)87(129)105(67)6/h12-15,18-21,26-29,38-40,46-48,54,59-70,91-92,109-111H,8-11,16-17,22-25,30-37,41-45,88H2,1-7H3,(H2,89,112)(H,90,94)(H,93,118)(H,95,122)(H,96,113)(H,97,117)(H,98,124)(H,99,123)(H,100,121)(H,101,120)(H,102,119)(H,103,116)(H,114,115)/t47-,48-,54+,59-,60-,61-,62-,63?,64-,65-,66-,67-,68-,69-,70-/m0/s1. The summed E-state index contributed by atoms with van der Waals surface area (Å²) >= 11 is 0.796. The van der Waals surface area contributed by atoms with Gasteiger partial charge < -0.3 is 125 Å². The molecule has 704 valence electrons. The number of aromatic hydroxyl groups is 1. The number of benzene rings is 3. The number of thioether (sulfide) groups is 1. The number of amides is 16. The summed E-state index contributed by atoms with van der Waals surface area (Å²) in [5.41, 5.74) is 14.2. The van der Waals surface area contributed by atoms with Crippen LogP contribution in [0.5, 0.6) is 5.75 Å². The van der Waals surface area contributed by atoms with Crippen molar-refractivity contribution in [3.8, 4) is 5.75 Å². The third-order valence-electron chi connectivity index (χ3n) is 23.4. The number of aromatic amines is 3. The number of phenols is 1. The minimum Gasteiger partial charge on any atom is -0.508 e. The number of fused-ring (bicyclic) bond motifs is 4. The lowest BCUT2D eigenvalue weighted by Crippen LogP contribution is -2.61. The average Bonchev–Trinajstić information content (AvgIpc) is 1.65. The number of rotatable bonds is 23. The first kappa shape index (κ1) is 101. The molecule has 130 heavy (non-hydrogen) atoms. The molecule has 3 fully saturated rings. The van der Waals surface area contributed by atoms with Gasteiger partial charge in [-0.2, -0.15) is 0 Å². The number of hydrogen-bond donors (Lipinski definition) is 19. The van der Waals surface area contributed by atoms with Crippen LogP contribution in [0.25, 0.3) is 21.8 Å². The predicted molar refractivity (Wildman–Crippen MR) is 474 cm³/mol. The minimum absolute atomic E-state index is 0.00447. The number of carboxylic acids is 1. The molecule has 42 nitrogen and oxygen atoms in total. The first-order chi connectivity index (χ1) is 62.0. The van der Waals surface area contributed by atoms with Crippen LogP contribution in [0.2, 0.25) is 0 Å². The number of carbonyl (C=O) groups excluding carboxylic acids is 16. The predicted octanol–water partition coefficient (Wildman–Crippen LogP) is -2.88. The number of hydrogen-bond acceptors (Lipinski definition) is 23. The summed E-state index contributed by atoms with van der Waals surface area (Å²) in [4.78, 5) is 266. The number of aliphatic hydroxyl groups is 2. The number of likely N-dealkylation sites (N-methyl/N-ethyl adjacent to an activating group) is 3. The van der Waals surface area contributed by atoms with Crippen LogP contribution in [0.3, 0.4) is 0 Å². The molecule has 0 radical (unpaired) electrons. The molecule has 0 bridgehead atoms. The SMILES string of the molecule is CCCC[C@H]1C(=O)N(C)[C@@H](CCCC)C(=O)N[C@@H](C)C(=O)N[C@H](C(=O)NCC(N)=O)CSCC(=O)N[C@@H](Cc2ccc(O)cc2)C(=O)N(C)[C@@H](C)C(=O)N[C@@H](CCCN)C(=O)N2CCC[C@H]2C(=O)N[C@@H](Cc2cnc[nH]2)C(=O)N[C@@H](CC(=O)O)C(=O)N2C[C@H](O)C[C@H]2C(=O)N[C@@H](Cc2c[nH]c3ccccc23)C(=O)N[C@@H](CO)C(=O)NC(Cc2c[nH]c3ccccc23)C(=O)N1C. The Balaban J connectivity index is 1.08. The average molecular weight is 1830 g/mol. The number of aliphatic hydroxyl groups excluding tert-OH is 2. The molecule has 21 N–H and O–H groups in total. The van der Waals surface area contributed by atoms with E-state index in [-0.39, 0.29) is 94.5 Å². The molecule has 3 aromatic carbocycles. The van der Waals surface area contributed by atoms with Crippen molar-refractivity contribution in [1.82, 2.24) is 97.6 Å². The Morgan fingerprint density at radius 1 is 0.554 bits per heavy atom. The van der Waals surface area contributed by atoms with Crippen molar-refractivity contribution in [3.63, 3.8) is 0 Å². The number of aliphatic carboxylic acids is 1. The number of carboxylic acid groups (broad SMARTS) is 1. The number of primary amides is 1. The monoisotopic (exact) mass is 1830 g/mol. The van der Waals surface area contributed by atoms with E-state index in [1.807, 2.05) is 13.8 Å². The number of H-pyrrole nitrogens is 3. The van der Waals surface area contributed by atoms with Gasteiger partial charge in [0.1, 0.15) is 90.3 Å². The first-order valence-electron chi connectivity index (χ1n) is 43.4. The zero-order chi connectivity index (χ0) is 94.7. The van der Waals surface area contributed by atoms with Crippen LogP contribution < -0.4 is 64.6 Å². The Morgan fingerprint density at radius 2 is 1.10 bits per heavy atom. The topological polar surface area (TPSA) is 620 Å². The lowest BCUT2D eigenvalue weighted by molar-refractivity contribution is -0.149. The first-order valence-corrected chi connectivity index (χ1v) is 44.5. The van der Waals surface area contributed by atoms with Crippen molar-refractivity contribution in [1.29, 1.82) is 0 Å². The molecule has 6 aromatic rings. The van der Waals surface area contributed by atoms with E-state index >= 15 is 28.8 Å². The number of phenolic OH excluding ortho intramolecular Hbond substituents is 1. The van der Waals surface area contributed by atoms with E-state index < -0.39 is 229 Å². The van der Waals surface area contributed by atoms with E-state index in [4.69, 9.17) is 11.5 Å². The fraction of sp³-hybridized carbons (Fsp3) is 0.517. The second-order valence-electron chi connectivity index (χ2n) is 32.9. The van der Waals surface area contributed by atoms with Crippen molar-refractivity contribution in [3.05, 3.63) is 120 Å². The largest absolute Gasteiger partial charge is 0.508 e. The molecule has 1 unspecified atom stereocenters. The Kier molecular flexibility index (Phi) is 37.1. The van der Waals surface area contributed by atoms with Crippen molar-refractivity contribution in [2.75, 3.05) is 65.4 Å². The van der Waals surface area contributed by atoms with Gasteiger partial charge in [0.15, 0.2) is 0 Å². The lowest BCUT2D eigenvalue weighted by atomic mass is 10.00. The highest BCUT2D eigenvalue weighted by Crippen LogP contribution is 2.28. The number of imidazole rings is 1. The van der Waals surface area contributed by atoms with Crippen molar-refractivity contribution < 1.29 is 102 Å². The summed E-state index contributed by atoms with van der Waals surface area (Å²) in [6.07, 6.45) is 3.41. The van der Waals surface area contributed by atoms with Gasteiger partial charge in [-0.25, -0.2) is 4.98 Å². The number of nitrogens with one attached hydrogen (secondary N) is 13. The quantitative estimate of drug-likeness (QED) is 0.0306. The van der Waals surface area contributed by atoms with Crippen molar-refractivity contribution >= 4 is 134 Å². The molecule has 0 aliphatic carbocycles. The molecule has 15 atom stereocenters. The van der Waals surface area contributed by atoms with Gasteiger partial charge in [-0.05, 0) is 99.9 Å². The Labute approximate surface area is 753 Å². The highest BCUT2D eigenvalue weighted by molar-refractivity contribution is 8.00. The Morgan fingerprint density at radius 3 is 1.70 bits per heavy atom. The number of carbonyl (C=O) groups is 17. The smallest absolute Gasteiger partial charge is 0.305 e. The van der Waals surface area contributed by atoms with Crippen molar-refractivity contribution in [2.24, 2.45) is 11.5 Å². The fourth-order valence-electron chi connectivity index (χ4n) is 16.0. The molecule has 0 spiro atoms. The zero-order valence-corrected chi connectivity index (χ0v) is 74.5. The number of nitrogens with zero attached hydrogens (tertiary/aromatic N) is 6. The van der Waals surface area contributed by atoms with Gasteiger partial charge in [0, 0.05) is 118 Å². The van der Waals surface area contributed by atoms with Gasteiger partial charge in [-0.3, -0.25) is 81.5 Å². The molecule has 6 heterocycles. The van der Waals surface area contributed by atoms with Gasteiger partial charge in [0.05, 0.1) is 37.8 Å². The molecule has 9 rings (SSSR count). The van der Waals surface area contributed by atoms with Crippen molar-refractivity contribution in [2.45, 2.75) is 221 Å². The van der Waals surface area contributed by atoms with Crippen LogP contribution in [-0.2, 0) is 107 Å². The second kappa shape index (κ2) is 47.9. The maximum Gasteiger partial charge on any atom is 0.305 e. The Hall–Kier alpha value is -13.0. The van der Waals surface area contributed by atoms with E-state index in [0.717, 1.165) is 31.4 Å². The zero-order valence-electron chi connectivity index (χ0n) is 73.6. The van der Waals surface area contributed by atoms with E-state index in [9.17, 15) is 73.2 Å². The molecule has 16 amide bonds. The summed E-state index contributed by atoms with van der Waals surface area (Å²) in [5.74, 6) is -17.8. The molecule has 3 aromatic heterocycles. The number of nitrogens with two attached hydrogens (primary N) is 2. The van der Waals surface area contributed by atoms with E-state index in [1.165, 1.54) is 76.7 Å². The lowest BCUT2D eigenvalue weighted by Gasteiger charge is -2.36. The van der Waals surface area contributed by atoms with Gasteiger partial charge in [-0.1, -0.05) is 88.1 Å².